The van der Waals surface area contributed by atoms with Crippen LogP contribution in [0.2, 0.25) is 0 Å². The molecule has 0 heterocycles. The van der Waals surface area contributed by atoms with E-state index >= 15 is 0 Å². The van der Waals surface area contributed by atoms with E-state index in [1.165, 1.54) is 25.0 Å². The van der Waals surface area contributed by atoms with Gasteiger partial charge in [-0.2, -0.15) is 0 Å². The number of hydrogen-bond acceptors (Lipinski definition) is 3. The highest BCUT2D eigenvalue weighted by Gasteiger charge is 2.02. The second-order valence-corrected chi connectivity index (χ2v) is 3.71. The summed E-state index contributed by atoms with van der Waals surface area (Å²) in [5, 5.41) is 12.4. The maximum atomic E-state index is 10.3. The van der Waals surface area contributed by atoms with Crippen molar-refractivity contribution in [1.29, 1.82) is 0 Å². The Bertz CT molecular complexity index is 323. The van der Waals surface area contributed by atoms with Crippen LogP contribution in [0, 0.1) is 4.91 Å². The molecule has 0 spiro atoms. The summed E-state index contributed by atoms with van der Waals surface area (Å²) in [7, 11) is 0. The number of phenolic OH excluding ortho intramolecular Hbond substituents is 1. The summed E-state index contributed by atoms with van der Waals surface area (Å²) in [6.45, 7) is 2.16. The molecule has 0 bridgehead atoms. The quantitative estimate of drug-likeness (QED) is 0.567. The number of benzene rings is 1. The fourth-order valence-corrected chi connectivity index (χ4v) is 1.57. The summed E-state index contributed by atoms with van der Waals surface area (Å²) >= 11 is 0. The van der Waals surface area contributed by atoms with Crippen LogP contribution in [0.3, 0.4) is 0 Å². The maximum absolute atomic E-state index is 10.3. The van der Waals surface area contributed by atoms with Gasteiger partial charge in [0.05, 0.1) is 0 Å². The predicted octanol–water partition coefficient (Wildman–Crippen LogP) is 3.91. The van der Waals surface area contributed by atoms with E-state index in [4.69, 9.17) is 0 Å². The Kier molecular flexibility index (Phi) is 4.81. The summed E-state index contributed by atoms with van der Waals surface area (Å²) in [4.78, 5) is 10.3. The topological polar surface area (TPSA) is 49.7 Å². The average molecular weight is 207 g/mol. The largest absolute Gasteiger partial charge is 0.508 e. The van der Waals surface area contributed by atoms with Gasteiger partial charge in [0.1, 0.15) is 11.4 Å². The van der Waals surface area contributed by atoms with Gasteiger partial charge in [-0.25, -0.2) is 0 Å². The van der Waals surface area contributed by atoms with E-state index in [1.807, 2.05) is 0 Å². The third kappa shape index (κ3) is 3.70. The van der Waals surface area contributed by atoms with Gasteiger partial charge in [-0.05, 0) is 41.8 Å². The van der Waals surface area contributed by atoms with E-state index in [-0.39, 0.29) is 5.75 Å². The Hall–Kier alpha value is -1.38. The second kappa shape index (κ2) is 6.17. The fourth-order valence-electron chi connectivity index (χ4n) is 1.57. The van der Waals surface area contributed by atoms with E-state index < -0.39 is 0 Å². The molecule has 3 heteroatoms. The molecule has 0 saturated carbocycles. The van der Waals surface area contributed by atoms with Crippen molar-refractivity contribution in [3.63, 3.8) is 0 Å². The minimum Gasteiger partial charge on any atom is -0.508 e. The zero-order chi connectivity index (χ0) is 11.1. The van der Waals surface area contributed by atoms with E-state index in [0.29, 0.717) is 5.69 Å². The lowest BCUT2D eigenvalue weighted by Crippen LogP contribution is -1.86. The zero-order valence-corrected chi connectivity index (χ0v) is 9.07. The SMILES string of the molecule is CCCCCCc1cc(N=O)ccc1O. The van der Waals surface area contributed by atoms with Gasteiger partial charge in [0.2, 0.25) is 0 Å². The first-order valence-corrected chi connectivity index (χ1v) is 5.43. The molecule has 1 aromatic rings. The van der Waals surface area contributed by atoms with Crippen LogP contribution in [0.15, 0.2) is 23.4 Å². The van der Waals surface area contributed by atoms with Crippen LogP contribution in [-0.2, 0) is 6.42 Å². The number of phenols is 1. The van der Waals surface area contributed by atoms with Gasteiger partial charge in [-0.15, -0.1) is 4.91 Å². The minimum absolute atomic E-state index is 0.263. The van der Waals surface area contributed by atoms with Crippen LogP contribution in [0.1, 0.15) is 38.2 Å². The normalized spacial score (nSPS) is 10.2. The summed E-state index contributed by atoms with van der Waals surface area (Å²) in [5.41, 5.74) is 1.21. The van der Waals surface area contributed by atoms with Gasteiger partial charge in [0.25, 0.3) is 0 Å². The van der Waals surface area contributed by atoms with Crippen molar-refractivity contribution in [2.45, 2.75) is 39.0 Å². The van der Waals surface area contributed by atoms with Gasteiger partial charge < -0.3 is 5.11 Å². The lowest BCUT2D eigenvalue weighted by atomic mass is 10.0. The Balaban J connectivity index is 2.55. The highest BCUT2D eigenvalue weighted by atomic mass is 16.3. The number of nitrogens with zero attached hydrogens (tertiary/aromatic N) is 1. The van der Waals surface area contributed by atoms with Crippen molar-refractivity contribution in [3.05, 3.63) is 28.7 Å². The van der Waals surface area contributed by atoms with Gasteiger partial charge in [-0.3, -0.25) is 0 Å². The van der Waals surface area contributed by atoms with Crippen LogP contribution in [0.5, 0.6) is 5.75 Å². The van der Waals surface area contributed by atoms with Crippen LogP contribution in [0.4, 0.5) is 5.69 Å². The van der Waals surface area contributed by atoms with E-state index in [0.717, 1.165) is 24.8 Å². The molecule has 0 fully saturated rings. The molecule has 0 atom stereocenters. The van der Waals surface area contributed by atoms with Crippen LogP contribution >= 0.6 is 0 Å². The molecule has 0 aliphatic heterocycles. The van der Waals surface area contributed by atoms with Crippen LogP contribution < -0.4 is 0 Å². The fraction of sp³-hybridized carbons (Fsp3) is 0.500. The molecular weight excluding hydrogens is 190 g/mol. The van der Waals surface area contributed by atoms with Gasteiger partial charge in [0.15, 0.2) is 0 Å². The van der Waals surface area contributed by atoms with Crippen molar-refractivity contribution in [2.24, 2.45) is 5.18 Å². The van der Waals surface area contributed by atoms with Crippen molar-refractivity contribution >= 4 is 5.69 Å². The maximum Gasteiger partial charge on any atom is 0.118 e. The molecule has 3 nitrogen and oxygen atoms in total. The van der Waals surface area contributed by atoms with E-state index in [2.05, 4.69) is 12.1 Å². The van der Waals surface area contributed by atoms with E-state index in [9.17, 15) is 10.0 Å². The zero-order valence-electron chi connectivity index (χ0n) is 9.07. The molecule has 0 aliphatic rings. The monoisotopic (exact) mass is 207 g/mol. The van der Waals surface area contributed by atoms with Gasteiger partial charge >= 0.3 is 0 Å². The molecule has 0 saturated heterocycles. The first-order chi connectivity index (χ1) is 7.27. The predicted molar refractivity (Wildman–Crippen MR) is 61.4 cm³/mol. The van der Waals surface area contributed by atoms with Crippen molar-refractivity contribution < 1.29 is 5.11 Å². The number of aryl methyl sites for hydroxylation is 1. The number of aromatic hydroxyl groups is 1. The molecule has 1 rings (SSSR count). The smallest absolute Gasteiger partial charge is 0.118 e. The molecular formula is C12H17NO2. The molecule has 0 radical (unpaired) electrons. The summed E-state index contributed by atoms with van der Waals surface area (Å²) in [5.74, 6) is 0.263. The highest BCUT2D eigenvalue weighted by molar-refractivity contribution is 5.46. The standard InChI is InChI=1S/C12H17NO2/c1-2-3-4-5-6-10-9-11(13-15)7-8-12(10)14/h7-9,14H,2-6H2,1H3. The average Bonchev–Trinajstić information content (AvgIpc) is 2.26. The number of rotatable bonds is 6. The number of unbranched alkanes of at least 4 members (excludes halogenated alkanes) is 3. The summed E-state index contributed by atoms with van der Waals surface area (Å²) < 4.78 is 0. The molecule has 0 unspecified atom stereocenters. The molecule has 1 aromatic carbocycles. The Labute approximate surface area is 90.1 Å². The van der Waals surface area contributed by atoms with Crippen LogP contribution in [-0.4, -0.2) is 5.11 Å². The first-order valence-electron chi connectivity index (χ1n) is 5.43. The molecule has 15 heavy (non-hydrogen) atoms. The molecule has 0 aliphatic carbocycles. The van der Waals surface area contributed by atoms with Gasteiger partial charge in [-0.1, -0.05) is 26.2 Å². The lowest BCUT2D eigenvalue weighted by molar-refractivity contribution is 0.466. The van der Waals surface area contributed by atoms with Crippen molar-refractivity contribution in [1.82, 2.24) is 0 Å². The van der Waals surface area contributed by atoms with Crippen molar-refractivity contribution in [3.8, 4) is 5.75 Å². The Morgan fingerprint density at radius 2 is 2.07 bits per heavy atom. The Morgan fingerprint density at radius 3 is 2.73 bits per heavy atom. The Morgan fingerprint density at radius 1 is 1.27 bits per heavy atom. The first kappa shape index (κ1) is 11.7. The number of nitroso groups, excluding NO2 is 1. The summed E-state index contributed by atoms with van der Waals surface area (Å²) in [6, 6.07) is 4.72. The van der Waals surface area contributed by atoms with E-state index in [1.54, 1.807) is 6.07 Å². The molecule has 0 amide bonds. The molecule has 1 N–H and O–H groups in total. The lowest BCUT2D eigenvalue weighted by Gasteiger charge is -2.04. The molecule has 0 aromatic heterocycles. The van der Waals surface area contributed by atoms with Crippen LogP contribution in [0.25, 0.3) is 0 Å². The molecule has 82 valence electrons. The third-order valence-electron chi connectivity index (χ3n) is 2.47. The third-order valence-corrected chi connectivity index (χ3v) is 2.47. The van der Waals surface area contributed by atoms with Gasteiger partial charge in [0, 0.05) is 0 Å². The highest BCUT2D eigenvalue weighted by Crippen LogP contribution is 2.24. The van der Waals surface area contributed by atoms with Crippen molar-refractivity contribution in [2.75, 3.05) is 0 Å². The minimum atomic E-state index is 0.263. The number of hydrogen-bond donors (Lipinski definition) is 1. The second-order valence-electron chi connectivity index (χ2n) is 3.71. The summed E-state index contributed by atoms with van der Waals surface area (Å²) in [6.07, 6.45) is 5.43.